The predicted octanol–water partition coefficient (Wildman–Crippen LogP) is 2.04. The number of nitrogens with zero attached hydrogens (tertiary/aromatic N) is 4. The Morgan fingerprint density at radius 1 is 1.29 bits per heavy atom. The van der Waals surface area contributed by atoms with E-state index >= 15 is 0 Å². The van der Waals surface area contributed by atoms with Gasteiger partial charge in [-0.3, -0.25) is 4.40 Å². The highest BCUT2D eigenvalue weighted by Gasteiger charge is 2.05. The number of fused-ring (bicyclic) bond motifs is 3. The van der Waals surface area contributed by atoms with E-state index in [0.29, 0.717) is 0 Å². The lowest BCUT2D eigenvalue weighted by Gasteiger charge is -2.01. The van der Waals surface area contributed by atoms with Gasteiger partial charge in [0.05, 0.1) is 21.7 Å². The number of imidazole rings is 1. The standard InChI is InChI=1S/C9H5BrN4/c10-6-3-7-8(4-11-5-13-7)14-2-1-12-9(6)14/h1-5H. The Morgan fingerprint density at radius 3 is 3.14 bits per heavy atom. The van der Waals surface area contributed by atoms with Crippen molar-refractivity contribution in [3.8, 4) is 0 Å². The van der Waals surface area contributed by atoms with Crippen molar-refractivity contribution in [1.29, 1.82) is 0 Å². The Morgan fingerprint density at radius 2 is 2.21 bits per heavy atom. The first-order valence-electron chi connectivity index (χ1n) is 4.07. The van der Waals surface area contributed by atoms with Crippen LogP contribution < -0.4 is 0 Å². The van der Waals surface area contributed by atoms with E-state index in [1.54, 1.807) is 12.4 Å². The number of aromatic nitrogens is 4. The van der Waals surface area contributed by atoms with Gasteiger partial charge in [0.15, 0.2) is 5.65 Å². The van der Waals surface area contributed by atoms with E-state index in [2.05, 4.69) is 30.9 Å². The molecule has 0 radical (unpaired) electrons. The smallest absolute Gasteiger partial charge is 0.151 e. The zero-order chi connectivity index (χ0) is 9.54. The van der Waals surface area contributed by atoms with Crippen molar-refractivity contribution in [1.82, 2.24) is 19.4 Å². The van der Waals surface area contributed by atoms with Crippen LogP contribution in [-0.2, 0) is 0 Å². The average Bonchev–Trinajstić information content (AvgIpc) is 2.67. The second-order valence-electron chi connectivity index (χ2n) is 2.91. The first kappa shape index (κ1) is 7.87. The SMILES string of the molecule is Brc1cc2ncncc2n2ccnc12. The molecule has 3 aromatic rings. The van der Waals surface area contributed by atoms with Crippen molar-refractivity contribution < 1.29 is 0 Å². The summed E-state index contributed by atoms with van der Waals surface area (Å²) in [4.78, 5) is 12.4. The molecule has 0 amide bonds. The summed E-state index contributed by atoms with van der Waals surface area (Å²) in [5.74, 6) is 0. The van der Waals surface area contributed by atoms with Crippen LogP contribution in [0.2, 0.25) is 0 Å². The van der Waals surface area contributed by atoms with Crippen molar-refractivity contribution in [3.05, 3.63) is 35.5 Å². The van der Waals surface area contributed by atoms with Crippen LogP contribution in [0.5, 0.6) is 0 Å². The molecule has 68 valence electrons. The second kappa shape index (κ2) is 2.75. The average molecular weight is 249 g/mol. The molecular formula is C9H5BrN4. The van der Waals surface area contributed by atoms with Crippen molar-refractivity contribution in [3.63, 3.8) is 0 Å². The summed E-state index contributed by atoms with van der Waals surface area (Å²) in [6, 6.07) is 1.94. The Balaban J connectivity index is 2.66. The third-order valence-corrected chi connectivity index (χ3v) is 2.68. The quantitative estimate of drug-likeness (QED) is 0.612. The Labute approximate surface area is 87.8 Å². The van der Waals surface area contributed by atoms with Gasteiger partial charge in [-0.2, -0.15) is 0 Å². The molecule has 0 aliphatic carbocycles. The fourth-order valence-electron chi connectivity index (χ4n) is 1.49. The van der Waals surface area contributed by atoms with Gasteiger partial charge >= 0.3 is 0 Å². The van der Waals surface area contributed by atoms with Crippen LogP contribution in [0.25, 0.3) is 16.7 Å². The fourth-order valence-corrected chi connectivity index (χ4v) is 2.00. The van der Waals surface area contributed by atoms with Crippen LogP contribution >= 0.6 is 15.9 Å². The van der Waals surface area contributed by atoms with E-state index in [-0.39, 0.29) is 0 Å². The van der Waals surface area contributed by atoms with Gasteiger partial charge in [-0.15, -0.1) is 0 Å². The van der Waals surface area contributed by atoms with Crippen molar-refractivity contribution >= 4 is 32.6 Å². The lowest BCUT2D eigenvalue weighted by molar-refractivity contribution is 1.16. The van der Waals surface area contributed by atoms with Gasteiger partial charge in [0.1, 0.15) is 6.33 Å². The monoisotopic (exact) mass is 248 g/mol. The molecule has 0 unspecified atom stereocenters. The highest BCUT2D eigenvalue weighted by atomic mass is 79.9. The van der Waals surface area contributed by atoms with Gasteiger partial charge < -0.3 is 0 Å². The number of hydrogen-bond acceptors (Lipinski definition) is 3. The highest BCUT2D eigenvalue weighted by Crippen LogP contribution is 2.21. The van der Waals surface area contributed by atoms with E-state index in [0.717, 1.165) is 21.2 Å². The molecular weight excluding hydrogens is 244 g/mol. The number of hydrogen-bond donors (Lipinski definition) is 0. The summed E-state index contributed by atoms with van der Waals surface area (Å²) in [7, 11) is 0. The lowest BCUT2D eigenvalue weighted by Crippen LogP contribution is -1.91. The molecule has 0 aromatic carbocycles. The van der Waals surface area contributed by atoms with E-state index < -0.39 is 0 Å². The molecule has 0 aliphatic rings. The van der Waals surface area contributed by atoms with E-state index in [1.807, 2.05) is 16.7 Å². The minimum absolute atomic E-state index is 0.882. The molecule has 3 rings (SSSR count). The first-order chi connectivity index (χ1) is 6.86. The normalized spacial score (nSPS) is 11.2. The molecule has 3 heterocycles. The topological polar surface area (TPSA) is 43.1 Å². The molecule has 5 heteroatoms. The molecule has 0 saturated heterocycles. The molecule has 0 spiro atoms. The minimum atomic E-state index is 0.882. The van der Waals surface area contributed by atoms with Gasteiger partial charge in [0.2, 0.25) is 0 Å². The Hall–Kier alpha value is -1.49. The summed E-state index contributed by atoms with van der Waals surface area (Å²) in [6.07, 6.45) is 6.97. The molecule has 0 aliphatic heterocycles. The Bertz CT molecular complexity index is 616. The lowest BCUT2D eigenvalue weighted by atomic mass is 10.3. The van der Waals surface area contributed by atoms with Crippen molar-refractivity contribution in [2.75, 3.05) is 0 Å². The molecule has 0 saturated carbocycles. The zero-order valence-corrected chi connectivity index (χ0v) is 8.64. The third-order valence-electron chi connectivity index (χ3n) is 2.10. The molecule has 0 atom stereocenters. The van der Waals surface area contributed by atoms with Crippen LogP contribution in [0.3, 0.4) is 0 Å². The fraction of sp³-hybridized carbons (Fsp3) is 0. The molecule has 3 aromatic heterocycles. The van der Waals surface area contributed by atoms with E-state index in [4.69, 9.17) is 0 Å². The van der Waals surface area contributed by atoms with Crippen molar-refractivity contribution in [2.45, 2.75) is 0 Å². The van der Waals surface area contributed by atoms with E-state index in [9.17, 15) is 0 Å². The second-order valence-corrected chi connectivity index (χ2v) is 3.76. The minimum Gasteiger partial charge on any atom is -0.296 e. The summed E-state index contributed by atoms with van der Waals surface area (Å²) in [5, 5.41) is 0. The maximum absolute atomic E-state index is 4.23. The largest absolute Gasteiger partial charge is 0.296 e. The van der Waals surface area contributed by atoms with Crippen LogP contribution in [0, 0.1) is 0 Å². The zero-order valence-electron chi connectivity index (χ0n) is 7.05. The molecule has 0 fully saturated rings. The van der Waals surface area contributed by atoms with Gasteiger partial charge in [-0.05, 0) is 22.0 Å². The maximum Gasteiger partial charge on any atom is 0.151 e. The predicted molar refractivity (Wildman–Crippen MR) is 56.0 cm³/mol. The molecule has 14 heavy (non-hydrogen) atoms. The first-order valence-corrected chi connectivity index (χ1v) is 4.87. The summed E-state index contributed by atoms with van der Waals surface area (Å²) >= 11 is 3.45. The van der Waals surface area contributed by atoms with Crippen LogP contribution in [0.15, 0.2) is 35.5 Å². The van der Waals surface area contributed by atoms with Gasteiger partial charge in [0.25, 0.3) is 0 Å². The van der Waals surface area contributed by atoms with E-state index in [1.165, 1.54) is 6.33 Å². The van der Waals surface area contributed by atoms with Crippen LogP contribution in [-0.4, -0.2) is 19.4 Å². The van der Waals surface area contributed by atoms with Gasteiger partial charge in [0, 0.05) is 12.4 Å². The highest BCUT2D eigenvalue weighted by molar-refractivity contribution is 9.10. The number of pyridine rings is 1. The summed E-state index contributed by atoms with van der Waals surface area (Å²) in [6.45, 7) is 0. The van der Waals surface area contributed by atoms with Crippen LogP contribution in [0.1, 0.15) is 0 Å². The number of rotatable bonds is 0. The maximum atomic E-state index is 4.23. The van der Waals surface area contributed by atoms with Crippen molar-refractivity contribution in [2.24, 2.45) is 0 Å². The molecule has 0 N–H and O–H groups in total. The molecule has 4 nitrogen and oxygen atoms in total. The number of halogens is 1. The summed E-state index contributed by atoms with van der Waals surface area (Å²) < 4.78 is 2.90. The Kier molecular flexibility index (Phi) is 1.55. The van der Waals surface area contributed by atoms with Crippen LogP contribution in [0.4, 0.5) is 0 Å². The molecule has 0 bridgehead atoms. The third kappa shape index (κ3) is 0.957. The summed E-state index contributed by atoms with van der Waals surface area (Å²) in [5.41, 5.74) is 2.74. The van der Waals surface area contributed by atoms with Gasteiger partial charge in [-0.1, -0.05) is 0 Å². The van der Waals surface area contributed by atoms with Gasteiger partial charge in [-0.25, -0.2) is 15.0 Å².